The summed E-state index contributed by atoms with van der Waals surface area (Å²) in [6.45, 7) is 12.1. The van der Waals surface area contributed by atoms with E-state index < -0.39 is 8.32 Å². The van der Waals surface area contributed by atoms with E-state index >= 15 is 0 Å². The van der Waals surface area contributed by atoms with Crippen molar-refractivity contribution in [3.05, 3.63) is 30.3 Å². The molecule has 0 heterocycles. The van der Waals surface area contributed by atoms with Crippen molar-refractivity contribution in [2.24, 2.45) is 0 Å². The number of anilines is 1. The molecule has 5 heteroatoms. The number of amides is 1. The second-order valence-corrected chi connectivity index (χ2v) is 11.7. The Kier molecular flexibility index (Phi) is 6.44. The largest absolute Gasteiger partial charge is 0.415 e. The van der Waals surface area contributed by atoms with Crippen LogP contribution in [0.1, 0.15) is 20.8 Å². The van der Waals surface area contributed by atoms with Gasteiger partial charge in [0.15, 0.2) is 8.32 Å². The lowest BCUT2D eigenvalue weighted by Gasteiger charge is -2.36. The van der Waals surface area contributed by atoms with Gasteiger partial charge in [-0.2, -0.15) is 0 Å². The number of para-hydroxylation sites is 1. The van der Waals surface area contributed by atoms with Gasteiger partial charge in [-0.05, 0) is 30.3 Å². The zero-order chi connectivity index (χ0) is 16.1. The maximum Gasteiger partial charge on any atom is 0.241 e. The molecule has 0 aliphatic carbocycles. The molecule has 0 fully saturated rings. The summed E-state index contributed by atoms with van der Waals surface area (Å²) in [5.41, 5.74) is 0.863. The fourth-order valence-corrected chi connectivity index (χ4v) is 2.87. The van der Waals surface area contributed by atoms with Crippen LogP contribution >= 0.6 is 11.6 Å². The van der Waals surface area contributed by atoms with Crippen molar-refractivity contribution in [2.75, 3.05) is 23.9 Å². The minimum absolute atomic E-state index is 0.0189. The molecule has 0 atom stereocenters. The van der Waals surface area contributed by atoms with Crippen LogP contribution < -0.4 is 4.90 Å². The van der Waals surface area contributed by atoms with Gasteiger partial charge >= 0.3 is 0 Å². The van der Waals surface area contributed by atoms with E-state index in [4.69, 9.17) is 16.0 Å². The molecular formula is C16H26ClNO2Si. The highest BCUT2D eigenvalue weighted by molar-refractivity contribution is 6.74. The Bertz CT molecular complexity index is 457. The number of hydrogen-bond acceptors (Lipinski definition) is 2. The maximum atomic E-state index is 12.0. The van der Waals surface area contributed by atoms with E-state index in [0.29, 0.717) is 13.2 Å². The summed E-state index contributed by atoms with van der Waals surface area (Å²) in [6, 6.07) is 9.59. The summed E-state index contributed by atoms with van der Waals surface area (Å²) in [5, 5.41) is 0.168. The van der Waals surface area contributed by atoms with Crippen molar-refractivity contribution in [3.63, 3.8) is 0 Å². The Balaban J connectivity index is 2.70. The highest BCUT2D eigenvalue weighted by Crippen LogP contribution is 2.36. The molecule has 0 spiro atoms. The van der Waals surface area contributed by atoms with Gasteiger partial charge in [-0.25, -0.2) is 0 Å². The SMILES string of the molecule is CC(C)(C)[Si](C)(C)OCCN(C(=O)CCl)c1ccccc1. The monoisotopic (exact) mass is 327 g/mol. The molecule has 1 aromatic carbocycles. The molecule has 0 radical (unpaired) electrons. The van der Waals surface area contributed by atoms with Crippen LogP contribution in [0.4, 0.5) is 5.69 Å². The highest BCUT2D eigenvalue weighted by atomic mass is 35.5. The van der Waals surface area contributed by atoms with E-state index in [1.54, 1.807) is 4.90 Å². The average Bonchev–Trinajstić information content (AvgIpc) is 2.42. The third-order valence-electron chi connectivity index (χ3n) is 4.07. The molecule has 0 unspecified atom stereocenters. The smallest absolute Gasteiger partial charge is 0.241 e. The summed E-state index contributed by atoms with van der Waals surface area (Å²) in [6.07, 6.45) is 0. The van der Waals surface area contributed by atoms with Crippen molar-refractivity contribution in [2.45, 2.75) is 38.9 Å². The summed E-state index contributed by atoms with van der Waals surface area (Å²) < 4.78 is 6.14. The second kappa shape index (κ2) is 7.43. The number of carbonyl (C=O) groups is 1. The van der Waals surface area contributed by atoms with E-state index in [9.17, 15) is 4.79 Å². The van der Waals surface area contributed by atoms with Crippen LogP contribution in [0.3, 0.4) is 0 Å². The molecule has 0 saturated carbocycles. The van der Waals surface area contributed by atoms with Gasteiger partial charge in [0.1, 0.15) is 5.88 Å². The highest BCUT2D eigenvalue weighted by Gasteiger charge is 2.37. The van der Waals surface area contributed by atoms with Gasteiger partial charge in [0.05, 0.1) is 6.61 Å². The van der Waals surface area contributed by atoms with Crippen LogP contribution in [0.15, 0.2) is 30.3 Å². The molecule has 0 N–H and O–H groups in total. The quantitative estimate of drug-likeness (QED) is 0.576. The van der Waals surface area contributed by atoms with Gasteiger partial charge in [-0.15, -0.1) is 11.6 Å². The lowest BCUT2D eigenvalue weighted by Crippen LogP contribution is -2.43. The third kappa shape index (κ3) is 5.13. The first-order valence-corrected chi connectivity index (χ1v) is 10.7. The van der Waals surface area contributed by atoms with E-state index in [1.165, 1.54) is 0 Å². The number of carbonyl (C=O) groups excluding carboxylic acids is 1. The molecule has 1 amide bonds. The van der Waals surface area contributed by atoms with Crippen molar-refractivity contribution >= 4 is 31.5 Å². The summed E-state index contributed by atoms with van der Waals surface area (Å²) in [5.74, 6) is -0.115. The number of halogens is 1. The predicted molar refractivity (Wildman–Crippen MR) is 92.7 cm³/mol. The van der Waals surface area contributed by atoms with Crippen LogP contribution in [0, 0.1) is 0 Å². The van der Waals surface area contributed by atoms with E-state index in [1.807, 2.05) is 30.3 Å². The number of rotatable bonds is 6. The molecule has 3 nitrogen and oxygen atoms in total. The van der Waals surface area contributed by atoms with E-state index in [0.717, 1.165) is 5.69 Å². The third-order valence-corrected chi connectivity index (χ3v) is 8.83. The molecular weight excluding hydrogens is 302 g/mol. The fraction of sp³-hybridized carbons (Fsp3) is 0.562. The molecule has 0 bridgehead atoms. The number of alkyl halides is 1. The molecule has 118 valence electrons. The van der Waals surface area contributed by atoms with Crippen LogP contribution in [0.2, 0.25) is 18.1 Å². The van der Waals surface area contributed by atoms with Crippen LogP contribution in [0.25, 0.3) is 0 Å². The number of benzene rings is 1. The van der Waals surface area contributed by atoms with Crippen molar-refractivity contribution in [3.8, 4) is 0 Å². The molecule has 1 aromatic rings. The summed E-state index contributed by atoms with van der Waals surface area (Å²) >= 11 is 5.71. The minimum atomic E-state index is -1.79. The molecule has 1 rings (SSSR count). The molecule has 0 aliphatic heterocycles. The molecule has 0 aliphatic rings. The Hall–Kier alpha value is -0.843. The number of nitrogens with zero attached hydrogens (tertiary/aromatic N) is 1. The molecule has 21 heavy (non-hydrogen) atoms. The van der Waals surface area contributed by atoms with Gasteiger partial charge < -0.3 is 9.33 Å². The van der Waals surface area contributed by atoms with Gasteiger partial charge in [-0.3, -0.25) is 4.79 Å². The first kappa shape index (κ1) is 18.2. The maximum absolute atomic E-state index is 12.0. The van der Waals surface area contributed by atoms with Crippen LogP contribution in [-0.4, -0.2) is 33.3 Å². The molecule has 0 aromatic heterocycles. The lowest BCUT2D eigenvalue weighted by molar-refractivity contribution is -0.116. The van der Waals surface area contributed by atoms with Gasteiger partial charge in [0.2, 0.25) is 5.91 Å². The average molecular weight is 328 g/mol. The normalized spacial score (nSPS) is 12.3. The fourth-order valence-electron chi connectivity index (χ4n) is 1.69. The standard InChI is InChI=1S/C16H26ClNO2Si/c1-16(2,3)21(4,5)20-12-11-18(15(19)13-17)14-9-7-6-8-10-14/h6-10H,11-13H2,1-5H3. The zero-order valence-electron chi connectivity index (χ0n) is 13.6. The number of hydrogen-bond donors (Lipinski definition) is 0. The van der Waals surface area contributed by atoms with E-state index in [2.05, 4.69) is 33.9 Å². The predicted octanol–water partition coefficient (Wildman–Crippen LogP) is 4.28. The van der Waals surface area contributed by atoms with Gasteiger partial charge in [0, 0.05) is 12.2 Å². The lowest BCUT2D eigenvalue weighted by atomic mass is 10.2. The topological polar surface area (TPSA) is 29.5 Å². The Morgan fingerprint density at radius 2 is 1.81 bits per heavy atom. The van der Waals surface area contributed by atoms with Gasteiger partial charge in [0.25, 0.3) is 0 Å². The first-order chi connectivity index (χ1) is 9.69. The Morgan fingerprint density at radius 1 is 1.24 bits per heavy atom. The minimum Gasteiger partial charge on any atom is -0.415 e. The summed E-state index contributed by atoms with van der Waals surface area (Å²) in [7, 11) is -1.79. The van der Waals surface area contributed by atoms with E-state index in [-0.39, 0.29) is 16.8 Å². The van der Waals surface area contributed by atoms with Crippen molar-refractivity contribution in [1.82, 2.24) is 0 Å². The van der Waals surface area contributed by atoms with Crippen molar-refractivity contribution in [1.29, 1.82) is 0 Å². The van der Waals surface area contributed by atoms with Gasteiger partial charge in [-0.1, -0.05) is 39.0 Å². The Labute approximate surface area is 134 Å². The van der Waals surface area contributed by atoms with Crippen LogP contribution in [0.5, 0.6) is 0 Å². The van der Waals surface area contributed by atoms with Crippen molar-refractivity contribution < 1.29 is 9.22 Å². The summed E-state index contributed by atoms with van der Waals surface area (Å²) in [4.78, 5) is 13.7. The zero-order valence-corrected chi connectivity index (χ0v) is 15.4. The van der Waals surface area contributed by atoms with Crippen LogP contribution in [-0.2, 0) is 9.22 Å². The second-order valence-electron chi connectivity index (χ2n) is 6.62. The first-order valence-electron chi connectivity index (χ1n) is 7.24. The Morgan fingerprint density at radius 3 is 2.29 bits per heavy atom. The molecule has 0 saturated heterocycles.